The SMILES string of the molecule is CCCNCC1CCC(COc2cc(Cl)cc(Cl)c2)O1. The maximum atomic E-state index is 5.94. The van der Waals surface area contributed by atoms with Crippen LogP contribution in [-0.4, -0.2) is 31.9 Å². The summed E-state index contributed by atoms with van der Waals surface area (Å²) in [5.74, 6) is 0.693. The number of hydrogen-bond donors (Lipinski definition) is 1. The van der Waals surface area contributed by atoms with E-state index in [2.05, 4.69) is 12.2 Å². The number of nitrogens with one attached hydrogen (secondary N) is 1. The van der Waals surface area contributed by atoms with Crippen molar-refractivity contribution >= 4 is 23.2 Å². The lowest BCUT2D eigenvalue weighted by Gasteiger charge is -2.15. The second kappa shape index (κ2) is 8.08. The molecule has 2 rings (SSSR count). The average molecular weight is 318 g/mol. The summed E-state index contributed by atoms with van der Waals surface area (Å²) in [7, 11) is 0. The van der Waals surface area contributed by atoms with E-state index >= 15 is 0 Å². The summed E-state index contributed by atoms with van der Waals surface area (Å²) in [5, 5.41) is 4.55. The van der Waals surface area contributed by atoms with Gasteiger partial charge in [-0.05, 0) is 44.0 Å². The van der Waals surface area contributed by atoms with E-state index in [0.717, 1.165) is 32.4 Å². The van der Waals surface area contributed by atoms with E-state index in [1.54, 1.807) is 18.2 Å². The summed E-state index contributed by atoms with van der Waals surface area (Å²) in [6.45, 7) is 4.67. The zero-order valence-corrected chi connectivity index (χ0v) is 13.2. The zero-order chi connectivity index (χ0) is 14.4. The highest BCUT2D eigenvalue weighted by Crippen LogP contribution is 2.25. The minimum Gasteiger partial charge on any atom is -0.491 e. The van der Waals surface area contributed by atoms with Gasteiger partial charge >= 0.3 is 0 Å². The number of rotatable bonds is 7. The third-order valence-corrected chi connectivity index (χ3v) is 3.70. The molecule has 1 aromatic rings. The summed E-state index contributed by atoms with van der Waals surface area (Å²) in [6, 6.07) is 5.23. The van der Waals surface area contributed by atoms with Gasteiger partial charge in [-0.1, -0.05) is 30.1 Å². The molecule has 0 aromatic heterocycles. The van der Waals surface area contributed by atoms with Gasteiger partial charge in [-0.3, -0.25) is 0 Å². The molecule has 1 aromatic carbocycles. The Balaban J connectivity index is 1.72. The third kappa shape index (κ3) is 5.13. The summed E-state index contributed by atoms with van der Waals surface area (Å²) >= 11 is 11.9. The molecule has 2 atom stereocenters. The Morgan fingerprint density at radius 3 is 2.60 bits per heavy atom. The molecular formula is C15H21Cl2NO2. The van der Waals surface area contributed by atoms with Crippen LogP contribution in [0.2, 0.25) is 10.0 Å². The monoisotopic (exact) mass is 317 g/mol. The lowest BCUT2D eigenvalue weighted by atomic mass is 10.2. The van der Waals surface area contributed by atoms with E-state index in [1.807, 2.05) is 0 Å². The fraction of sp³-hybridized carbons (Fsp3) is 0.600. The fourth-order valence-corrected chi connectivity index (χ4v) is 2.80. The highest BCUT2D eigenvalue weighted by atomic mass is 35.5. The van der Waals surface area contributed by atoms with Gasteiger partial charge in [0, 0.05) is 16.6 Å². The van der Waals surface area contributed by atoms with Gasteiger partial charge in [0.05, 0.1) is 12.2 Å². The maximum absolute atomic E-state index is 5.94. The van der Waals surface area contributed by atoms with Gasteiger partial charge in [0.2, 0.25) is 0 Å². The topological polar surface area (TPSA) is 30.5 Å². The van der Waals surface area contributed by atoms with Gasteiger partial charge in [0.15, 0.2) is 0 Å². The van der Waals surface area contributed by atoms with Crippen molar-refractivity contribution in [1.29, 1.82) is 0 Å². The first-order chi connectivity index (χ1) is 9.67. The smallest absolute Gasteiger partial charge is 0.122 e. The first-order valence-corrected chi connectivity index (χ1v) is 7.88. The molecule has 0 bridgehead atoms. The molecule has 0 spiro atoms. The molecular weight excluding hydrogens is 297 g/mol. The lowest BCUT2D eigenvalue weighted by molar-refractivity contribution is 0.0187. The van der Waals surface area contributed by atoms with Gasteiger partial charge in [0.1, 0.15) is 12.4 Å². The number of hydrogen-bond acceptors (Lipinski definition) is 3. The Bertz CT molecular complexity index is 408. The Labute approximate surface area is 130 Å². The average Bonchev–Trinajstić information content (AvgIpc) is 2.84. The van der Waals surface area contributed by atoms with Gasteiger partial charge in [-0.15, -0.1) is 0 Å². The predicted octanol–water partition coefficient (Wildman–Crippen LogP) is 3.92. The molecule has 1 fully saturated rings. The van der Waals surface area contributed by atoms with Crippen LogP contribution in [-0.2, 0) is 4.74 Å². The Morgan fingerprint density at radius 1 is 1.20 bits per heavy atom. The highest BCUT2D eigenvalue weighted by Gasteiger charge is 2.25. The third-order valence-electron chi connectivity index (χ3n) is 3.27. The Kier molecular flexibility index (Phi) is 6.43. The molecule has 112 valence electrons. The standard InChI is InChI=1S/C15H21Cl2NO2/c1-2-5-18-9-13-3-4-14(20-13)10-19-15-7-11(16)6-12(17)8-15/h6-8,13-14,18H,2-5,9-10H2,1H3. The van der Waals surface area contributed by atoms with Crippen LogP contribution >= 0.6 is 23.2 Å². The van der Waals surface area contributed by atoms with Crippen molar-refractivity contribution in [2.24, 2.45) is 0 Å². The summed E-state index contributed by atoms with van der Waals surface area (Å²) in [5.41, 5.74) is 0. The second-order valence-corrected chi connectivity index (χ2v) is 5.95. The first-order valence-electron chi connectivity index (χ1n) is 7.12. The number of halogens is 2. The predicted molar refractivity (Wildman–Crippen MR) is 83.0 cm³/mol. The fourth-order valence-electron chi connectivity index (χ4n) is 2.29. The molecule has 5 heteroatoms. The van der Waals surface area contributed by atoms with Crippen molar-refractivity contribution < 1.29 is 9.47 Å². The maximum Gasteiger partial charge on any atom is 0.122 e. The molecule has 1 aliphatic rings. The van der Waals surface area contributed by atoms with E-state index in [9.17, 15) is 0 Å². The molecule has 0 saturated carbocycles. The van der Waals surface area contributed by atoms with Crippen LogP contribution < -0.4 is 10.1 Å². The largest absolute Gasteiger partial charge is 0.491 e. The molecule has 0 aliphatic carbocycles. The van der Waals surface area contributed by atoms with Crippen LogP contribution in [0, 0.1) is 0 Å². The minimum absolute atomic E-state index is 0.154. The molecule has 1 heterocycles. The molecule has 1 aliphatic heterocycles. The molecule has 1 saturated heterocycles. The Morgan fingerprint density at radius 2 is 1.90 bits per heavy atom. The molecule has 1 N–H and O–H groups in total. The number of benzene rings is 1. The van der Waals surface area contributed by atoms with E-state index < -0.39 is 0 Å². The first kappa shape index (κ1) is 15.9. The lowest BCUT2D eigenvalue weighted by Crippen LogP contribution is -2.28. The quantitative estimate of drug-likeness (QED) is 0.773. The Hall–Kier alpha value is -0.480. The van der Waals surface area contributed by atoms with Crippen LogP contribution in [0.3, 0.4) is 0 Å². The van der Waals surface area contributed by atoms with Crippen molar-refractivity contribution in [3.05, 3.63) is 28.2 Å². The van der Waals surface area contributed by atoms with Crippen molar-refractivity contribution in [3.63, 3.8) is 0 Å². The summed E-state index contributed by atoms with van der Waals surface area (Å²) < 4.78 is 11.6. The van der Waals surface area contributed by atoms with Crippen LogP contribution in [0.5, 0.6) is 5.75 Å². The van der Waals surface area contributed by atoms with Crippen molar-refractivity contribution in [1.82, 2.24) is 5.32 Å². The van der Waals surface area contributed by atoms with Crippen molar-refractivity contribution in [2.45, 2.75) is 38.4 Å². The molecule has 3 nitrogen and oxygen atoms in total. The van der Waals surface area contributed by atoms with Crippen LogP contribution in [0.15, 0.2) is 18.2 Å². The van der Waals surface area contributed by atoms with E-state index in [0.29, 0.717) is 28.5 Å². The molecule has 20 heavy (non-hydrogen) atoms. The van der Waals surface area contributed by atoms with Gasteiger partial charge in [-0.25, -0.2) is 0 Å². The van der Waals surface area contributed by atoms with Crippen molar-refractivity contribution in [3.8, 4) is 5.75 Å². The highest BCUT2D eigenvalue weighted by molar-refractivity contribution is 6.34. The zero-order valence-electron chi connectivity index (χ0n) is 11.7. The molecule has 0 radical (unpaired) electrons. The van der Waals surface area contributed by atoms with Gasteiger partial charge in [-0.2, -0.15) is 0 Å². The summed E-state index contributed by atoms with van der Waals surface area (Å²) in [4.78, 5) is 0. The van der Waals surface area contributed by atoms with E-state index in [1.165, 1.54) is 0 Å². The van der Waals surface area contributed by atoms with E-state index in [4.69, 9.17) is 32.7 Å². The van der Waals surface area contributed by atoms with Gasteiger partial charge in [0.25, 0.3) is 0 Å². The van der Waals surface area contributed by atoms with Crippen molar-refractivity contribution in [2.75, 3.05) is 19.7 Å². The summed E-state index contributed by atoms with van der Waals surface area (Å²) in [6.07, 6.45) is 3.72. The second-order valence-electron chi connectivity index (χ2n) is 5.08. The van der Waals surface area contributed by atoms with Crippen LogP contribution in [0.25, 0.3) is 0 Å². The molecule has 0 amide bonds. The minimum atomic E-state index is 0.154. The van der Waals surface area contributed by atoms with Crippen LogP contribution in [0.4, 0.5) is 0 Å². The molecule has 2 unspecified atom stereocenters. The van der Waals surface area contributed by atoms with Gasteiger partial charge < -0.3 is 14.8 Å². The number of ether oxygens (including phenoxy) is 2. The normalized spacial score (nSPS) is 22.1. The van der Waals surface area contributed by atoms with Crippen LogP contribution in [0.1, 0.15) is 26.2 Å². The van der Waals surface area contributed by atoms with E-state index in [-0.39, 0.29) is 6.10 Å².